The second kappa shape index (κ2) is 6.14. The average molecular weight is 346 g/mol. The van der Waals surface area contributed by atoms with E-state index in [-0.39, 0.29) is 12.1 Å². The van der Waals surface area contributed by atoms with Crippen LogP contribution >= 0.6 is 12.2 Å². The Morgan fingerprint density at radius 3 is 2.75 bits per heavy atom. The van der Waals surface area contributed by atoms with E-state index >= 15 is 0 Å². The number of aliphatic imine (C=N–C) groups is 1. The number of nitrogens with one attached hydrogen (secondary N) is 1. The van der Waals surface area contributed by atoms with E-state index in [1.54, 1.807) is 0 Å². The molecule has 0 aliphatic carbocycles. The summed E-state index contributed by atoms with van der Waals surface area (Å²) in [5, 5.41) is 3.78. The SMILES string of the molecule is CC1(C)C[C@@]2(CCO1)C(Nc1ccccc1)=NC(=S)N2CC(N)=O. The minimum absolute atomic E-state index is 0.0540. The Kier molecular flexibility index (Phi) is 4.31. The summed E-state index contributed by atoms with van der Waals surface area (Å²) >= 11 is 5.43. The number of benzene rings is 1. The van der Waals surface area contributed by atoms with Crippen molar-refractivity contribution in [2.75, 3.05) is 18.5 Å². The van der Waals surface area contributed by atoms with Crippen LogP contribution in [0.25, 0.3) is 0 Å². The van der Waals surface area contributed by atoms with E-state index in [9.17, 15) is 4.79 Å². The number of carbonyl (C=O) groups is 1. The first kappa shape index (κ1) is 16.9. The molecule has 0 radical (unpaired) electrons. The lowest BCUT2D eigenvalue weighted by Crippen LogP contribution is -2.61. The summed E-state index contributed by atoms with van der Waals surface area (Å²) in [6.07, 6.45) is 1.37. The number of anilines is 1. The van der Waals surface area contributed by atoms with Gasteiger partial charge in [0.25, 0.3) is 0 Å². The zero-order valence-electron chi connectivity index (χ0n) is 13.9. The molecule has 0 bridgehead atoms. The van der Waals surface area contributed by atoms with Crippen molar-refractivity contribution in [3.63, 3.8) is 0 Å². The fourth-order valence-corrected chi connectivity index (χ4v) is 3.85. The van der Waals surface area contributed by atoms with Crippen LogP contribution in [0.1, 0.15) is 26.7 Å². The minimum atomic E-state index is -0.496. The van der Waals surface area contributed by atoms with Gasteiger partial charge in [-0.25, -0.2) is 4.99 Å². The van der Waals surface area contributed by atoms with Gasteiger partial charge in [-0.15, -0.1) is 0 Å². The summed E-state index contributed by atoms with van der Waals surface area (Å²) in [5.74, 6) is 0.341. The number of rotatable bonds is 3. The molecule has 3 N–H and O–H groups in total. The van der Waals surface area contributed by atoms with Crippen LogP contribution in [-0.4, -0.2) is 46.0 Å². The Bertz CT molecular complexity index is 689. The van der Waals surface area contributed by atoms with Crippen LogP contribution in [0.4, 0.5) is 5.69 Å². The topological polar surface area (TPSA) is 79.9 Å². The molecule has 1 atom stereocenters. The van der Waals surface area contributed by atoms with Crippen LogP contribution in [0.15, 0.2) is 35.3 Å². The maximum absolute atomic E-state index is 11.6. The van der Waals surface area contributed by atoms with Crippen LogP contribution in [-0.2, 0) is 9.53 Å². The standard InChI is InChI=1S/C17H22N4O2S/c1-16(2)11-17(8-9-23-16)14(19-12-6-4-3-5-7-12)20-15(24)21(17)10-13(18)22/h3-7H,8-11H2,1-2H3,(H2,18,22)(H,19,20,24)/t17-/m0/s1. The third-order valence-electron chi connectivity index (χ3n) is 4.47. The summed E-state index contributed by atoms with van der Waals surface area (Å²) < 4.78 is 5.87. The number of ether oxygens (including phenoxy) is 1. The lowest BCUT2D eigenvalue weighted by atomic mass is 9.79. The molecule has 2 aliphatic heterocycles. The molecular weight excluding hydrogens is 324 g/mol. The van der Waals surface area contributed by atoms with Gasteiger partial charge in [0.1, 0.15) is 11.4 Å². The predicted octanol–water partition coefficient (Wildman–Crippen LogP) is 1.91. The van der Waals surface area contributed by atoms with Gasteiger partial charge in [-0.2, -0.15) is 0 Å². The number of nitrogens with two attached hydrogens (primary N) is 1. The van der Waals surface area contributed by atoms with Crippen molar-refractivity contribution < 1.29 is 9.53 Å². The Balaban J connectivity index is 1.97. The molecule has 1 spiro atoms. The highest BCUT2D eigenvalue weighted by Gasteiger charge is 2.53. The van der Waals surface area contributed by atoms with Crippen molar-refractivity contribution >= 4 is 34.8 Å². The molecular formula is C17H22N4O2S. The van der Waals surface area contributed by atoms with E-state index in [2.05, 4.69) is 10.3 Å². The third-order valence-corrected chi connectivity index (χ3v) is 4.78. The van der Waals surface area contributed by atoms with Crippen LogP contribution in [0.5, 0.6) is 0 Å². The number of hydrogen-bond donors (Lipinski definition) is 2. The third kappa shape index (κ3) is 3.14. The van der Waals surface area contributed by atoms with Crippen LogP contribution in [0.3, 0.4) is 0 Å². The van der Waals surface area contributed by atoms with Gasteiger partial charge in [0.15, 0.2) is 5.11 Å². The maximum Gasteiger partial charge on any atom is 0.237 e. The predicted molar refractivity (Wildman–Crippen MR) is 98.0 cm³/mol. The highest BCUT2D eigenvalue weighted by atomic mass is 32.1. The normalized spacial score (nSPS) is 25.7. The fourth-order valence-electron chi connectivity index (χ4n) is 3.52. The molecule has 1 fully saturated rings. The number of hydrogen-bond acceptors (Lipinski definition) is 4. The van der Waals surface area contributed by atoms with Crippen LogP contribution in [0.2, 0.25) is 0 Å². The maximum atomic E-state index is 11.6. The van der Waals surface area contributed by atoms with E-state index in [1.807, 2.05) is 49.1 Å². The summed E-state index contributed by atoms with van der Waals surface area (Å²) in [4.78, 5) is 18.0. The number of carbonyl (C=O) groups excluding carboxylic acids is 1. The van der Waals surface area contributed by atoms with Gasteiger partial charge in [0, 0.05) is 25.1 Å². The molecule has 3 rings (SSSR count). The molecule has 0 unspecified atom stereocenters. The molecule has 2 heterocycles. The largest absolute Gasteiger partial charge is 0.375 e. The summed E-state index contributed by atoms with van der Waals surface area (Å²) in [7, 11) is 0. The first-order chi connectivity index (χ1) is 11.3. The van der Waals surface area contributed by atoms with Crippen molar-refractivity contribution in [1.29, 1.82) is 0 Å². The van der Waals surface area contributed by atoms with Crippen LogP contribution in [0, 0.1) is 0 Å². The molecule has 0 saturated carbocycles. The molecule has 2 aliphatic rings. The molecule has 1 amide bonds. The summed E-state index contributed by atoms with van der Waals surface area (Å²) in [6, 6.07) is 9.82. The zero-order valence-corrected chi connectivity index (χ0v) is 14.7. The lowest BCUT2D eigenvalue weighted by molar-refractivity contribution is -0.121. The number of para-hydroxylation sites is 1. The molecule has 7 heteroatoms. The molecule has 128 valence electrons. The second-order valence-corrected chi connectivity index (χ2v) is 7.22. The Morgan fingerprint density at radius 2 is 2.12 bits per heavy atom. The molecule has 6 nitrogen and oxygen atoms in total. The molecule has 1 saturated heterocycles. The van der Waals surface area contributed by atoms with Gasteiger partial charge in [0.2, 0.25) is 5.91 Å². The molecule has 1 aromatic rings. The van der Waals surface area contributed by atoms with Crippen molar-refractivity contribution in [1.82, 2.24) is 4.90 Å². The number of primary amides is 1. The van der Waals surface area contributed by atoms with Crippen molar-refractivity contribution in [2.45, 2.75) is 37.8 Å². The second-order valence-electron chi connectivity index (χ2n) is 6.85. The number of thiocarbonyl (C=S) groups is 1. The Hall–Kier alpha value is -1.99. The van der Waals surface area contributed by atoms with Gasteiger partial charge in [-0.1, -0.05) is 18.2 Å². The number of amidine groups is 1. The van der Waals surface area contributed by atoms with Crippen molar-refractivity contribution in [3.8, 4) is 0 Å². The molecule has 24 heavy (non-hydrogen) atoms. The molecule has 1 aromatic carbocycles. The number of amides is 1. The van der Waals surface area contributed by atoms with Gasteiger partial charge in [-0.05, 0) is 38.2 Å². The van der Waals surface area contributed by atoms with E-state index in [1.165, 1.54) is 0 Å². The molecule has 0 aromatic heterocycles. The fraction of sp³-hybridized carbons (Fsp3) is 0.471. The van der Waals surface area contributed by atoms with Crippen molar-refractivity contribution in [3.05, 3.63) is 30.3 Å². The minimum Gasteiger partial charge on any atom is -0.375 e. The lowest BCUT2D eigenvalue weighted by Gasteiger charge is -2.47. The van der Waals surface area contributed by atoms with Gasteiger partial charge in [0.05, 0.1) is 12.1 Å². The Morgan fingerprint density at radius 1 is 1.42 bits per heavy atom. The van der Waals surface area contributed by atoms with Crippen LogP contribution < -0.4 is 11.1 Å². The monoisotopic (exact) mass is 346 g/mol. The summed E-state index contributed by atoms with van der Waals surface area (Å²) in [6.45, 7) is 4.70. The van der Waals surface area contributed by atoms with Gasteiger partial charge >= 0.3 is 0 Å². The Labute approximate surface area is 147 Å². The highest BCUT2D eigenvalue weighted by Crippen LogP contribution is 2.41. The summed E-state index contributed by atoms with van der Waals surface area (Å²) in [5.41, 5.74) is 5.54. The first-order valence-corrected chi connectivity index (χ1v) is 8.38. The van der Waals surface area contributed by atoms with E-state index in [0.29, 0.717) is 24.6 Å². The quantitative estimate of drug-likeness (QED) is 0.817. The smallest absolute Gasteiger partial charge is 0.237 e. The number of nitrogens with zero attached hydrogens (tertiary/aromatic N) is 2. The van der Waals surface area contributed by atoms with Gasteiger partial charge in [-0.3, -0.25) is 4.79 Å². The zero-order chi connectivity index (χ0) is 17.4. The average Bonchev–Trinajstić information content (AvgIpc) is 2.72. The van der Waals surface area contributed by atoms with E-state index in [0.717, 1.165) is 11.5 Å². The highest BCUT2D eigenvalue weighted by molar-refractivity contribution is 7.80. The van der Waals surface area contributed by atoms with Gasteiger partial charge < -0.3 is 20.7 Å². The first-order valence-electron chi connectivity index (χ1n) is 7.98. The van der Waals surface area contributed by atoms with E-state index in [4.69, 9.17) is 22.7 Å². The van der Waals surface area contributed by atoms with E-state index < -0.39 is 11.4 Å². The van der Waals surface area contributed by atoms with Crippen molar-refractivity contribution in [2.24, 2.45) is 10.7 Å².